The van der Waals surface area contributed by atoms with E-state index in [1.54, 1.807) is 13.3 Å². The standard InChI is InChI=1S/C6H11NO2/c1-8-7-4-6-2-3-9-5-6/h4,6H,2-3,5H2,1H3/b7-4+. The molecule has 0 aromatic carbocycles. The highest BCUT2D eigenvalue weighted by atomic mass is 16.6. The predicted molar refractivity (Wildman–Crippen MR) is 34.4 cm³/mol. The SMILES string of the molecule is CO/N=C/C1CCOC1. The molecule has 3 heteroatoms. The third-order valence-electron chi connectivity index (χ3n) is 1.34. The molecule has 9 heavy (non-hydrogen) atoms. The van der Waals surface area contributed by atoms with Crippen LogP contribution in [0.25, 0.3) is 0 Å². The van der Waals surface area contributed by atoms with Crippen molar-refractivity contribution in [3.8, 4) is 0 Å². The van der Waals surface area contributed by atoms with E-state index in [-0.39, 0.29) is 0 Å². The van der Waals surface area contributed by atoms with Gasteiger partial charge in [0, 0.05) is 18.7 Å². The molecule has 0 bridgehead atoms. The third kappa shape index (κ3) is 2.01. The number of rotatable bonds is 2. The van der Waals surface area contributed by atoms with Gasteiger partial charge in [-0.25, -0.2) is 0 Å². The number of nitrogens with zero attached hydrogens (tertiary/aromatic N) is 1. The molecule has 0 saturated carbocycles. The maximum Gasteiger partial charge on any atom is 0.106 e. The van der Waals surface area contributed by atoms with E-state index in [2.05, 4.69) is 9.99 Å². The van der Waals surface area contributed by atoms with Crippen molar-refractivity contribution in [3.63, 3.8) is 0 Å². The molecule has 0 spiro atoms. The largest absolute Gasteiger partial charge is 0.399 e. The van der Waals surface area contributed by atoms with Crippen LogP contribution in [0.1, 0.15) is 6.42 Å². The molecule has 52 valence electrons. The zero-order valence-electron chi connectivity index (χ0n) is 5.54. The molecule has 1 aliphatic heterocycles. The maximum absolute atomic E-state index is 5.11. The molecule has 3 nitrogen and oxygen atoms in total. The minimum Gasteiger partial charge on any atom is -0.399 e. The average Bonchev–Trinajstić information content (AvgIpc) is 2.34. The highest BCUT2D eigenvalue weighted by Gasteiger charge is 2.12. The van der Waals surface area contributed by atoms with Crippen molar-refractivity contribution in [2.75, 3.05) is 20.3 Å². The van der Waals surface area contributed by atoms with E-state index in [4.69, 9.17) is 4.74 Å². The Morgan fingerprint density at radius 1 is 1.78 bits per heavy atom. The molecule has 0 aliphatic carbocycles. The minimum atomic E-state index is 0.477. The van der Waals surface area contributed by atoms with Crippen molar-refractivity contribution >= 4 is 6.21 Å². The second kappa shape index (κ2) is 3.45. The van der Waals surface area contributed by atoms with E-state index in [0.29, 0.717) is 5.92 Å². The maximum atomic E-state index is 5.11. The molecule has 1 atom stereocenters. The fraction of sp³-hybridized carbons (Fsp3) is 0.833. The summed E-state index contributed by atoms with van der Waals surface area (Å²) in [5, 5.41) is 3.65. The molecule has 0 amide bonds. The van der Waals surface area contributed by atoms with Gasteiger partial charge in [-0.3, -0.25) is 0 Å². The summed E-state index contributed by atoms with van der Waals surface area (Å²) in [6, 6.07) is 0. The topological polar surface area (TPSA) is 30.8 Å². The lowest BCUT2D eigenvalue weighted by atomic mass is 10.1. The Morgan fingerprint density at radius 2 is 2.67 bits per heavy atom. The summed E-state index contributed by atoms with van der Waals surface area (Å²) in [6.45, 7) is 1.66. The summed E-state index contributed by atoms with van der Waals surface area (Å²) in [7, 11) is 1.55. The van der Waals surface area contributed by atoms with Gasteiger partial charge < -0.3 is 9.57 Å². The van der Waals surface area contributed by atoms with Crippen LogP contribution >= 0.6 is 0 Å². The molecule has 0 aromatic heterocycles. The molecule has 0 aromatic rings. The lowest BCUT2D eigenvalue weighted by molar-refractivity contribution is 0.190. The third-order valence-corrected chi connectivity index (χ3v) is 1.34. The first kappa shape index (κ1) is 6.55. The molecular weight excluding hydrogens is 118 g/mol. The molecule has 1 aliphatic rings. The summed E-state index contributed by atoms with van der Waals surface area (Å²) in [4.78, 5) is 4.52. The van der Waals surface area contributed by atoms with Crippen LogP contribution in [0.15, 0.2) is 5.16 Å². The van der Waals surface area contributed by atoms with Crippen LogP contribution in [-0.2, 0) is 9.57 Å². The van der Waals surface area contributed by atoms with Crippen molar-refractivity contribution in [2.24, 2.45) is 11.1 Å². The Labute approximate surface area is 54.6 Å². The highest BCUT2D eigenvalue weighted by Crippen LogP contribution is 2.08. The summed E-state index contributed by atoms with van der Waals surface area (Å²) in [6.07, 6.45) is 2.87. The van der Waals surface area contributed by atoms with Crippen LogP contribution in [0, 0.1) is 5.92 Å². The monoisotopic (exact) mass is 129 g/mol. The van der Waals surface area contributed by atoms with E-state index < -0.39 is 0 Å². The molecule has 1 rings (SSSR count). The van der Waals surface area contributed by atoms with Crippen molar-refractivity contribution in [1.82, 2.24) is 0 Å². The van der Waals surface area contributed by atoms with Crippen molar-refractivity contribution in [3.05, 3.63) is 0 Å². The second-order valence-electron chi connectivity index (χ2n) is 2.06. The van der Waals surface area contributed by atoms with Gasteiger partial charge in [0.15, 0.2) is 0 Å². The van der Waals surface area contributed by atoms with Gasteiger partial charge in [-0.1, -0.05) is 5.16 Å². The quantitative estimate of drug-likeness (QED) is 0.405. The van der Waals surface area contributed by atoms with Crippen LogP contribution in [-0.4, -0.2) is 26.5 Å². The lowest BCUT2D eigenvalue weighted by Gasteiger charge is -1.94. The minimum absolute atomic E-state index is 0.477. The molecule has 1 heterocycles. The molecule has 0 radical (unpaired) electrons. The Kier molecular flexibility index (Phi) is 2.51. The summed E-state index contributed by atoms with van der Waals surface area (Å²) >= 11 is 0. The van der Waals surface area contributed by atoms with Crippen LogP contribution in [0.3, 0.4) is 0 Å². The second-order valence-corrected chi connectivity index (χ2v) is 2.06. The van der Waals surface area contributed by atoms with E-state index in [1.165, 1.54) is 0 Å². The Morgan fingerprint density at radius 3 is 3.22 bits per heavy atom. The van der Waals surface area contributed by atoms with Gasteiger partial charge in [0.05, 0.1) is 6.61 Å². The first-order chi connectivity index (χ1) is 4.43. The lowest BCUT2D eigenvalue weighted by Crippen LogP contribution is -1.99. The average molecular weight is 129 g/mol. The van der Waals surface area contributed by atoms with E-state index in [0.717, 1.165) is 19.6 Å². The van der Waals surface area contributed by atoms with Gasteiger partial charge in [0.25, 0.3) is 0 Å². The first-order valence-electron chi connectivity index (χ1n) is 3.08. The summed E-state index contributed by atoms with van der Waals surface area (Å²) in [5.41, 5.74) is 0. The zero-order valence-corrected chi connectivity index (χ0v) is 5.54. The number of ether oxygens (including phenoxy) is 1. The van der Waals surface area contributed by atoms with Gasteiger partial charge in [0.2, 0.25) is 0 Å². The van der Waals surface area contributed by atoms with Crippen LogP contribution in [0.5, 0.6) is 0 Å². The summed E-state index contributed by atoms with van der Waals surface area (Å²) in [5.74, 6) is 0.477. The number of hydrogen-bond acceptors (Lipinski definition) is 3. The smallest absolute Gasteiger partial charge is 0.106 e. The molecule has 1 unspecified atom stereocenters. The van der Waals surface area contributed by atoms with Gasteiger partial charge in [0.1, 0.15) is 7.11 Å². The van der Waals surface area contributed by atoms with Gasteiger partial charge in [-0.2, -0.15) is 0 Å². The number of oxime groups is 1. The van der Waals surface area contributed by atoms with Crippen molar-refractivity contribution < 1.29 is 9.57 Å². The highest BCUT2D eigenvalue weighted by molar-refractivity contribution is 5.60. The molecule has 1 saturated heterocycles. The van der Waals surface area contributed by atoms with Gasteiger partial charge in [-0.05, 0) is 6.42 Å². The molecule has 0 N–H and O–H groups in total. The van der Waals surface area contributed by atoms with E-state index in [1.807, 2.05) is 0 Å². The van der Waals surface area contributed by atoms with Crippen LogP contribution < -0.4 is 0 Å². The summed E-state index contributed by atoms with van der Waals surface area (Å²) < 4.78 is 5.11. The van der Waals surface area contributed by atoms with Crippen molar-refractivity contribution in [2.45, 2.75) is 6.42 Å². The number of hydrogen-bond donors (Lipinski definition) is 0. The first-order valence-corrected chi connectivity index (χ1v) is 3.08. The van der Waals surface area contributed by atoms with Crippen LogP contribution in [0.4, 0.5) is 0 Å². The predicted octanol–water partition coefficient (Wildman–Crippen LogP) is 0.655. The fourth-order valence-electron chi connectivity index (χ4n) is 0.817. The van der Waals surface area contributed by atoms with Gasteiger partial charge in [-0.15, -0.1) is 0 Å². The van der Waals surface area contributed by atoms with Crippen LogP contribution in [0.2, 0.25) is 0 Å². The fourth-order valence-corrected chi connectivity index (χ4v) is 0.817. The van der Waals surface area contributed by atoms with E-state index in [9.17, 15) is 0 Å². The molecular formula is C6H11NO2. The normalized spacial score (nSPS) is 27.4. The van der Waals surface area contributed by atoms with Crippen molar-refractivity contribution in [1.29, 1.82) is 0 Å². The Hall–Kier alpha value is -0.570. The van der Waals surface area contributed by atoms with E-state index >= 15 is 0 Å². The Bertz CT molecular complexity index is 97.2. The Balaban J connectivity index is 2.18. The molecule has 1 fully saturated rings. The van der Waals surface area contributed by atoms with Gasteiger partial charge >= 0.3 is 0 Å². The zero-order chi connectivity index (χ0) is 6.53.